The molecule has 29 valence electrons. The quantitative estimate of drug-likeness (QED) is 0.335. The summed E-state index contributed by atoms with van der Waals surface area (Å²) in [6.45, 7) is -0.524. The van der Waals surface area contributed by atoms with Crippen LogP contribution in [0.25, 0.3) is 0 Å². The van der Waals surface area contributed by atoms with Crippen molar-refractivity contribution in [2.45, 2.75) is 0 Å². The van der Waals surface area contributed by atoms with Gasteiger partial charge in [-0.3, -0.25) is 4.79 Å². The molecule has 3 heteroatoms. The minimum atomic E-state index is -0.524. The van der Waals surface area contributed by atoms with Crippen LogP contribution in [0.5, 0.6) is 0 Å². The molecule has 0 unspecified atom stereocenters. The summed E-state index contributed by atoms with van der Waals surface area (Å²) in [7, 11) is 0. The minimum absolute atomic E-state index is 0.368. The van der Waals surface area contributed by atoms with Gasteiger partial charge >= 0.3 is 0 Å². The maximum Gasteiger partial charge on any atom is 0.208 e. The van der Waals surface area contributed by atoms with Crippen molar-refractivity contribution in [3.8, 4) is 0 Å². The van der Waals surface area contributed by atoms with E-state index in [0.717, 1.165) is 0 Å². The van der Waals surface area contributed by atoms with E-state index in [9.17, 15) is 5.11 Å². The van der Waals surface area contributed by atoms with E-state index in [1.54, 1.807) is 0 Å². The van der Waals surface area contributed by atoms with Gasteiger partial charge in [0, 0.05) is 0 Å². The van der Waals surface area contributed by atoms with Gasteiger partial charge in [0.15, 0.2) is 6.73 Å². The van der Waals surface area contributed by atoms with Gasteiger partial charge in [0.1, 0.15) is 0 Å². The Morgan fingerprint density at radius 2 is 2.40 bits per heavy atom. The number of carbonyl (C=O) groups is 1. The highest BCUT2D eigenvalue weighted by molar-refractivity contribution is 5.45. The number of hydrogen-bond acceptors (Lipinski definition) is 1. The van der Waals surface area contributed by atoms with Gasteiger partial charge in [-0.15, -0.1) is 0 Å². The lowest BCUT2D eigenvalue weighted by atomic mass is 11.2. The molecule has 0 aromatic rings. The van der Waals surface area contributed by atoms with Crippen molar-refractivity contribution in [3.63, 3.8) is 0 Å². The zero-order valence-corrected chi connectivity index (χ0v) is 2.60. The van der Waals surface area contributed by atoms with E-state index in [1.165, 1.54) is 0 Å². The summed E-state index contributed by atoms with van der Waals surface area (Å²) in [6.07, 6.45) is 0.368. The summed E-state index contributed by atoms with van der Waals surface area (Å²) in [4.78, 5) is 9.09. The Bertz CT molecular complexity index is 28.8. The van der Waals surface area contributed by atoms with Crippen LogP contribution < -0.4 is 5.32 Å². The number of carbonyl (C=O) groups excluding carboxylic acids is 1. The van der Waals surface area contributed by atoms with Crippen molar-refractivity contribution in [2.75, 3.05) is 6.73 Å². The molecule has 1 radical (unpaired) electrons. The molecule has 0 spiro atoms. The molecule has 0 aromatic carbocycles. The number of amides is 1. The van der Waals surface area contributed by atoms with E-state index in [4.69, 9.17) is 4.79 Å². The maximum absolute atomic E-state index is 9.19. The maximum atomic E-state index is 9.19. The SMILES string of the molecule is [O]CNC=O. The highest BCUT2D eigenvalue weighted by Gasteiger charge is 1.62. The van der Waals surface area contributed by atoms with E-state index >= 15 is 0 Å². The van der Waals surface area contributed by atoms with Crippen LogP contribution in [-0.4, -0.2) is 13.1 Å². The van der Waals surface area contributed by atoms with Crippen LogP contribution in [-0.2, 0) is 9.90 Å². The van der Waals surface area contributed by atoms with E-state index in [-0.39, 0.29) is 0 Å². The number of hydrogen-bond donors (Lipinski definition) is 1. The van der Waals surface area contributed by atoms with Gasteiger partial charge in [-0.05, 0) is 0 Å². The van der Waals surface area contributed by atoms with Crippen LogP contribution in [0.1, 0.15) is 0 Å². The molecule has 0 aliphatic carbocycles. The molecule has 0 atom stereocenters. The first kappa shape index (κ1) is 4.43. The summed E-state index contributed by atoms with van der Waals surface area (Å²) in [5, 5.41) is 11.1. The molecule has 1 N–H and O–H groups in total. The Morgan fingerprint density at radius 3 is 2.40 bits per heavy atom. The van der Waals surface area contributed by atoms with Crippen molar-refractivity contribution >= 4 is 6.41 Å². The summed E-state index contributed by atoms with van der Waals surface area (Å²) < 4.78 is 0. The molecular weight excluding hydrogens is 70.0 g/mol. The smallest absolute Gasteiger partial charge is 0.208 e. The molecule has 0 aromatic heterocycles. The topological polar surface area (TPSA) is 49.0 Å². The molecule has 0 fully saturated rings. The largest absolute Gasteiger partial charge is 0.333 e. The third-order valence-electron chi connectivity index (χ3n) is 0.167. The first-order valence-corrected chi connectivity index (χ1v) is 1.17. The molecule has 0 rings (SSSR count). The standard InChI is InChI=1S/C2H4NO2/c4-1-3-2-5/h1H,2H2,(H,3,4). The molecule has 0 saturated carbocycles. The van der Waals surface area contributed by atoms with Crippen LogP contribution in [0.15, 0.2) is 0 Å². The van der Waals surface area contributed by atoms with Crippen LogP contribution in [0.2, 0.25) is 0 Å². The summed E-state index contributed by atoms with van der Waals surface area (Å²) in [5.74, 6) is 0. The van der Waals surface area contributed by atoms with E-state index < -0.39 is 6.73 Å². The monoisotopic (exact) mass is 74.0 g/mol. The van der Waals surface area contributed by atoms with Crippen molar-refractivity contribution in [2.24, 2.45) is 0 Å². The second-order valence-corrected chi connectivity index (χ2v) is 0.466. The Labute approximate surface area is 29.6 Å². The van der Waals surface area contributed by atoms with Crippen LogP contribution in [0, 0.1) is 0 Å². The van der Waals surface area contributed by atoms with Gasteiger partial charge < -0.3 is 5.32 Å². The predicted octanol–water partition coefficient (Wildman–Crippen LogP) is -0.880. The lowest BCUT2D eigenvalue weighted by molar-refractivity contribution is -0.110. The van der Waals surface area contributed by atoms with Gasteiger partial charge in [-0.25, -0.2) is 5.11 Å². The van der Waals surface area contributed by atoms with Crippen molar-refractivity contribution in [1.29, 1.82) is 0 Å². The molecule has 0 saturated heterocycles. The highest BCUT2D eigenvalue weighted by Crippen LogP contribution is 1.31. The fourth-order valence-corrected chi connectivity index (χ4v) is 0.0340. The Balaban J connectivity index is 2.40. The fourth-order valence-electron chi connectivity index (χ4n) is 0.0340. The van der Waals surface area contributed by atoms with Gasteiger partial charge in [0.2, 0.25) is 6.41 Å². The molecule has 5 heavy (non-hydrogen) atoms. The van der Waals surface area contributed by atoms with E-state index in [0.29, 0.717) is 6.41 Å². The van der Waals surface area contributed by atoms with E-state index in [1.807, 2.05) is 5.32 Å². The second-order valence-electron chi connectivity index (χ2n) is 0.466. The van der Waals surface area contributed by atoms with Crippen molar-refractivity contribution in [1.82, 2.24) is 5.32 Å². The summed E-state index contributed by atoms with van der Waals surface area (Å²) >= 11 is 0. The summed E-state index contributed by atoms with van der Waals surface area (Å²) in [5.41, 5.74) is 0. The first-order valence-electron chi connectivity index (χ1n) is 1.17. The van der Waals surface area contributed by atoms with Gasteiger partial charge in [-0.1, -0.05) is 0 Å². The molecule has 0 aliphatic heterocycles. The third kappa shape index (κ3) is 3.43. The lowest BCUT2D eigenvalue weighted by Gasteiger charge is -1.75. The fraction of sp³-hybridized carbons (Fsp3) is 0.500. The Kier molecular flexibility index (Phi) is 3.04. The predicted molar refractivity (Wildman–Crippen MR) is 14.8 cm³/mol. The van der Waals surface area contributed by atoms with Crippen LogP contribution >= 0.6 is 0 Å². The molecule has 0 aliphatic rings. The minimum Gasteiger partial charge on any atom is -0.333 e. The zero-order chi connectivity index (χ0) is 4.12. The summed E-state index contributed by atoms with van der Waals surface area (Å²) in [6, 6.07) is 0. The van der Waals surface area contributed by atoms with Crippen molar-refractivity contribution in [3.05, 3.63) is 0 Å². The van der Waals surface area contributed by atoms with Gasteiger partial charge in [0.25, 0.3) is 0 Å². The first-order chi connectivity index (χ1) is 2.41. The average Bonchev–Trinajstić information content (AvgIpc) is 1.41. The molecule has 3 nitrogen and oxygen atoms in total. The van der Waals surface area contributed by atoms with Crippen LogP contribution in [0.3, 0.4) is 0 Å². The van der Waals surface area contributed by atoms with Gasteiger partial charge in [-0.2, -0.15) is 0 Å². The van der Waals surface area contributed by atoms with Gasteiger partial charge in [0.05, 0.1) is 0 Å². The number of rotatable bonds is 2. The Hall–Kier alpha value is -0.570. The van der Waals surface area contributed by atoms with E-state index in [2.05, 4.69) is 0 Å². The third-order valence-corrected chi connectivity index (χ3v) is 0.167. The average molecular weight is 74.1 g/mol. The molecule has 1 amide bonds. The highest BCUT2D eigenvalue weighted by atomic mass is 16.3. The van der Waals surface area contributed by atoms with Crippen molar-refractivity contribution < 1.29 is 9.90 Å². The molecular formula is C2H4NO2. The lowest BCUT2D eigenvalue weighted by Crippen LogP contribution is -2.08. The normalized spacial score (nSPS) is 6.60. The molecule has 0 bridgehead atoms. The second kappa shape index (κ2) is 3.43. The Morgan fingerprint density at radius 1 is 1.80 bits per heavy atom. The van der Waals surface area contributed by atoms with Crippen LogP contribution in [0.4, 0.5) is 0 Å². The molecule has 0 heterocycles. The zero-order valence-electron chi connectivity index (χ0n) is 2.60. The number of nitrogens with one attached hydrogen (secondary N) is 1.